The molecular weight excluding hydrogens is 290 g/mol. The van der Waals surface area contributed by atoms with Gasteiger partial charge in [0.1, 0.15) is 17.3 Å². The van der Waals surface area contributed by atoms with E-state index in [0.717, 1.165) is 10.9 Å². The van der Waals surface area contributed by atoms with E-state index in [1.807, 2.05) is 37.3 Å². The number of phenols is 2. The summed E-state index contributed by atoms with van der Waals surface area (Å²) in [5, 5.41) is 31.0. The minimum Gasteiger partial charge on any atom is -0.508 e. The van der Waals surface area contributed by atoms with Crippen molar-refractivity contribution in [1.82, 2.24) is 4.98 Å². The van der Waals surface area contributed by atoms with Crippen LogP contribution in [0.25, 0.3) is 22.7 Å². The van der Waals surface area contributed by atoms with Gasteiger partial charge in [-0.15, -0.1) is 0 Å². The number of hydrogen-bond donors (Lipinski definition) is 3. The maximum absolute atomic E-state index is 10.3. The zero-order valence-electron chi connectivity index (χ0n) is 12.7. The van der Waals surface area contributed by atoms with Crippen LogP contribution < -0.4 is 0 Å². The van der Waals surface area contributed by atoms with Crippen LogP contribution in [0.1, 0.15) is 23.7 Å². The molecule has 23 heavy (non-hydrogen) atoms. The van der Waals surface area contributed by atoms with Crippen molar-refractivity contribution in [2.45, 2.75) is 13.3 Å². The number of nitrogens with zero attached hydrogens (tertiary/aromatic N) is 1. The van der Waals surface area contributed by atoms with E-state index >= 15 is 0 Å². The van der Waals surface area contributed by atoms with Crippen LogP contribution in [-0.2, 0) is 6.42 Å². The molecule has 2 aromatic carbocycles. The van der Waals surface area contributed by atoms with Crippen molar-refractivity contribution >= 4 is 22.7 Å². The molecular formula is C19H17NO3. The Labute approximate surface area is 134 Å². The lowest BCUT2D eigenvalue weighted by molar-refractivity contribution is 0.440. The molecule has 0 atom stereocenters. The van der Waals surface area contributed by atoms with Gasteiger partial charge in [-0.2, -0.15) is 0 Å². The third-order valence-corrected chi connectivity index (χ3v) is 3.76. The topological polar surface area (TPSA) is 73.6 Å². The number of hydrogen-bond acceptors (Lipinski definition) is 4. The van der Waals surface area contributed by atoms with Gasteiger partial charge in [0.2, 0.25) is 0 Å². The molecule has 116 valence electrons. The van der Waals surface area contributed by atoms with Gasteiger partial charge in [-0.3, -0.25) is 0 Å². The van der Waals surface area contributed by atoms with Crippen LogP contribution >= 0.6 is 0 Å². The summed E-state index contributed by atoms with van der Waals surface area (Å²) in [7, 11) is 0. The van der Waals surface area contributed by atoms with Gasteiger partial charge in [0.25, 0.3) is 0 Å². The molecule has 0 bridgehead atoms. The van der Waals surface area contributed by atoms with Gasteiger partial charge in [-0.25, -0.2) is 4.98 Å². The molecule has 0 fully saturated rings. The molecule has 0 saturated heterocycles. The van der Waals surface area contributed by atoms with Gasteiger partial charge in [0.15, 0.2) is 0 Å². The summed E-state index contributed by atoms with van der Waals surface area (Å²) in [6, 6.07) is 14.3. The Balaban J connectivity index is 2.04. The smallest absolute Gasteiger partial charge is 0.130 e. The maximum Gasteiger partial charge on any atom is 0.130 e. The van der Waals surface area contributed by atoms with Crippen molar-refractivity contribution in [3.05, 3.63) is 65.4 Å². The lowest BCUT2D eigenvalue weighted by atomic mass is 10.0. The van der Waals surface area contributed by atoms with Crippen molar-refractivity contribution in [2.75, 3.05) is 0 Å². The Morgan fingerprint density at radius 1 is 1.04 bits per heavy atom. The third kappa shape index (κ3) is 2.97. The molecule has 3 N–H and O–H groups in total. The lowest BCUT2D eigenvalue weighted by Gasteiger charge is -2.08. The normalized spacial score (nSPS) is 11.8. The summed E-state index contributed by atoms with van der Waals surface area (Å²) in [5.74, 6) is -0.250. The van der Waals surface area contributed by atoms with Crippen LogP contribution in [0, 0.1) is 0 Å². The number of rotatable bonds is 3. The molecule has 1 aromatic heterocycles. The number of fused-ring (bicyclic) bond motifs is 1. The average Bonchev–Trinajstić information content (AvgIpc) is 2.54. The number of aromatic hydroxyl groups is 2. The highest BCUT2D eigenvalue weighted by molar-refractivity contribution is 5.83. The quantitative estimate of drug-likeness (QED) is 0.632. The van der Waals surface area contributed by atoms with Crippen LogP contribution in [0.5, 0.6) is 11.5 Å². The van der Waals surface area contributed by atoms with E-state index in [9.17, 15) is 15.3 Å². The third-order valence-electron chi connectivity index (χ3n) is 3.76. The first-order chi connectivity index (χ1) is 11.1. The van der Waals surface area contributed by atoms with Gasteiger partial charge in [-0.05, 0) is 30.2 Å². The van der Waals surface area contributed by atoms with Crippen molar-refractivity contribution in [3.8, 4) is 11.5 Å². The van der Waals surface area contributed by atoms with E-state index in [-0.39, 0.29) is 22.8 Å². The summed E-state index contributed by atoms with van der Waals surface area (Å²) < 4.78 is 0. The van der Waals surface area contributed by atoms with Gasteiger partial charge in [0.05, 0.1) is 16.8 Å². The minimum atomic E-state index is -0.172. The van der Waals surface area contributed by atoms with Gasteiger partial charge < -0.3 is 15.3 Å². The van der Waals surface area contributed by atoms with Crippen LogP contribution in [0.3, 0.4) is 0 Å². The van der Waals surface area contributed by atoms with Crippen LogP contribution in [0.4, 0.5) is 0 Å². The standard InChI is InChI=1S/C19H17NO3/c1-2-12-9-15(19(23)11-17(12)21)18(22)10-14-8-7-13-5-3-4-6-16(13)20-14/h3-11,21-23H,2H2,1H3/b18-10-. The van der Waals surface area contributed by atoms with Crippen molar-refractivity contribution in [1.29, 1.82) is 0 Å². The van der Waals surface area contributed by atoms with E-state index in [4.69, 9.17) is 0 Å². The molecule has 1 heterocycles. The van der Waals surface area contributed by atoms with Crippen LogP contribution in [0.2, 0.25) is 0 Å². The molecule has 4 heteroatoms. The highest BCUT2D eigenvalue weighted by atomic mass is 16.3. The molecule has 0 radical (unpaired) electrons. The Morgan fingerprint density at radius 3 is 2.61 bits per heavy atom. The number of aromatic nitrogens is 1. The van der Waals surface area contributed by atoms with Crippen LogP contribution in [0.15, 0.2) is 48.5 Å². The predicted molar refractivity (Wildman–Crippen MR) is 91.4 cm³/mol. The second kappa shape index (κ2) is 6.01. The van der Waals surface area contributed by atoms with Gasteiger partial charge >= 0.3 is 0 Å². The minimum absolute atomic E-state index is 0.0189. The Kier molecular flexibility index (Phi) is 3.89. The van der Waals surface area contributed by atoms with Gasteiger partial charge in [-0.1, -0.05) is 31.2 Å². The highest BCUT2D eigenvalue weighted by Gasteiger charge is 2.11. The summed E-state index contributed by atoms with van der Waals surface area (Å²) >= 11 is 0. The molecule has 3 aromatic rings. The first-order valence-electron chi connectivity index (χ1n) is 7.40. The van der Waals surface area contributed by atoms with Crippen LogP contribution in [-0.4, -0.2) is 20.3 Å². The average molecular weight is 307 g/mol. The maximum atomic E-state index is 10.3. The zero-order chi connectivity index (χ0) is 16.4. The Hall–Kier alpha value is -3.01. The molecule has 4 nitrogen and oxygen atoms in total. The number of pyridine rings is 1. The number of phenolic OH excluding ortho intramolecular Hbond substituents is 2. The molecule has 0 spiro atoms. The molecule has 0 unspecified atom stereocenters. The first-order valence-corrected chi connectivity index (χ1v) is 7.40. The number of aliphatic hydroxyl groups excluding tert-OH is 1. The van der Waals surface area contributed by atoms with Crippen molar-refractivity contribution < 1.29 is 15.3 Å². The summed E-state index contributed by atoms with van der Waals surface area (Å²) in [6.45, 7) is 1.89. The summed E-state index contributed by atoms with van der Waals surface area (Å²) in [4.78, 5) is 4.46. The second-order valence-corrected chi connectivity index (χ2v) is 5.31. The molecule has 0 aliphatic rings. The van der Waals surface area contributed by atoms with E-state index in [1.54, 1.807) is 12.1 Å². The van der Waals surface area contributed by atoms with E-state index in [0.29, 0.717) is 17.7 Å². The second-order valence-electron chi connectivity index (χ2n) is 5.31. The Bertz CT molecular complexity index is 900. The van der Waals surface area contributed by atoms with Crippen molar-refractivity contribution in [3.63, 3.8) is 0 Å². The monoisotopic (exact) mass is 307 g/mol. The molecule has 0 amide bonds. The number of benzene rings is 2. The summed E-state index contributed by atoms with van der Waals surface area (Å²) in [6.07, 6.45) is 2.10. The first kappa shape index (κ1) is 14.9. The Morgan fingerprint density at radius 2 is 1.83 bits per heavy atom. The summed E-state index contributed by atoms with van der Waals surface area (Å²) in [5.41, 5.74) is 2.35. The molecule has 3 rings (SSSR count). The predicted octanol–water partition coefficient (Wildman–Crippen LogP) is 4.26. The molecule has 0 aliphatic carbocycles. The van der Waals surface area contributed by atoms with E-state index in [1.165, 1.54) is 12.1 Å². The van der Waals surface area contributed by atoms with Crippen molar-refractivity contribution in [2.24, 2.45) is 0 Å². The lowest BCUT2D eigenvalue weighted by Crippen LogP contribution is -1.90. The van der Waals surface area contributed by atoms with Gasteiger partial charge in [0, 0.05) is 17.5 Å². The fraction of sp³-hybridized carbons (Fsp3) is 0.105. The zero-order valence-corrected chi connectivity index (χ0v) is 12.7. The SMILES string of the molecule is CCc1cc(/C(O)=C/c2ccc3ccccc3n2)c(O)cc1O. The van der Waals surface area contributed by atoms with E-state index < -0.39 is 0 Å². The largest absolute Gasteiger partial charge is 0.508 e. The fourth-order valence-corrected chi connectivity index (χ4v) is 2.49. The number of aliphatic hydroxyl groups is 1. The highest BCUT2D eigenvalue weighted by Crippen LogP contribution is 2.32. The van der Waals surface area contributed by atoms with E-state index in [2.05, 4.69) is 4.98 Å². The number of aryl methyl sites for hydroxylation is 1. The number of para-hydroxylation sites is 1. The fourth-order valence-electron chi connectivity index (χ4n) is 2.49. The molecule has 0 aliphatic heterocycles. The molecule has 0 saturated carbocycles.